The van der Waals surface area contributed by atoms with Crippen molar-refractivity contribution in [3.8, 4) is 11.4 Å². The van der Waals surface area contributed by atoms with Gasteiger partial charge in [0.25, 0.3) is 10.0 Å². The van der Waals surface area contributed by atoms with Crippen LogP contribution < -0.4 is 10.0 Å². The van der Waals surface area contributed by atoms with Crippen LogP contribution in [-0.4, -0.2) is 36.0 Å². The van der Waals surface area contributed by atoms with Crippen LogP contribution in [0.2, 0.25) is 0 Å². The Hall–Kier alpha value is -2.06. The third kappa shape index (κ3) is 2.55. The average Bonchev–Trinajstić information content (AvgIpc) is 3.00. The van der Waals surface area contributed by atoms with E-state index in [9.17, 15) is 8.42 Å². The molecule has 4 rings (SSSR count). The van der Waals surface area contributed by atoms with Crippen LogP contribution in [0.4, 0.5) is 5.95 Å². The minimum Gasteiger partial charge on any atom is -0.338 e. The highest BCUT2D eigenvalue weighted by Crippen LogP contribution is 2.33. The van der Waals surface area contributed by atoms with Gasteiger partial charge in [0.2, 0.25) is 5.95 Å². The fraction of sp³-hybridized carbons (Fsp3) is 0.438. The third-order valence-electron chi connectivity index (χ3n) is 4.76. The first-order valence-corrected chi connectivity index (χ1v) is 9.65. The van der Waals surface area contributed by atoms with Gasteiger partial charge in [-0.3, -0.25) is 0 Å². The van der Waals surface area contributed by atoms with E-state index >= 15 is 0 Å². The summed E-state index contributed by atoms with van der Waals surface area (Å²) in [6.07, 6.45) is 3.98. The normalized spacial score (nSPS) is 19.9. The molecule has 0 unspecified atom stereocenters. The number of rotatable bonds is 3. The first kappa shape index (κ1) is 15.5. The Morgan fingerprint density at radius 2 is 2.04 bits per heavy atom. The maximum absolute atomic E-state index is 11.6. The molecule has 2 aliphatic rings. The number of pyridine rings is 1. The molecule has 0 amide bonds. The van der Waals surface area contributed by atoms with Gasteiger partial charge >= 0.3 is 0 Å². The second kappa shape index (κ2) is 5.49. The number of primary sulfonamides is 1. The van der Waals surface area contributed by atoms with Crippen LogP contribution in [0.5, 0.6) is 0 Å². The Bertz CT molecular complexity index is 913. The number of sulfonamides is 1. The van der Waals surface area contributed by atoms with Gasteiger partial charge in [-0.25, -0.2) is 28.5 Å². The first-order chi connectivity index (χ1) is 11.4. The number of hydrogen-bond donors (Lipinski definition) is 1. The number of hydrogen-bond acceptors (Lipinski definition) is 6. The topological polar surface area (TPSA) is 102 Å². The van der Waals surface area contributed by atoms with Crippen LogP contribution >= 0.6 is 0 Å². The van der Waals surface area contributed by atoms with E-state index in [4.69, 9.17) is 15.1 Å². The monoisotopic (exact) mass is 345 g/mol. The number of nitrogens with zero attached hydrogens (tertiary/aromatic N) is 4. The van der Waals surface area contributed by atoms with Crippen LogP contribution in [-0.2, 0) is 22.9 Å². The van der Waals surface area contributed by atoms with Crippen molar-refractivity contribution in [1.29, 1.82) is 0 Å². The molecule has 2 aromatic rings. The number of anilines is 1. The van der Waals surface area contributed by atoms with E-state index in [1.54, 1.807) is 12.1 Å². The Kier molecular flexibility index (Phi) is 3.54. The lowest BCUT2D eigenvalue weighted by atomic mass is 10.1. The highest BCUT2D eigenvalue weighted by molar-refractivity contribution is 7.89. The molecule has 0 aromatic carbocycles. The van der Waals surface area contributed by atoms with Gasteiger partial charge in [0, 0.05) is 23.8 Å². The quantitative estimate of drug-likeness (QED) is 0.899. The molecule has 1 fully saturated rings. The largest absolute Gasteiger partial charge is 0.338 e. The van der Waals surface area contributed by atoms with Gasteiger partial charge in [-0.05, 0) is 44.7 Å². The summed E-state index contributed by atoms with van der Waals surface area (Å²) >= 11 is 0. The molecule has 126 valence electrons. The highest BCUT2D eigenvalue weighted by atomic mass is 32.2. The highest BCUT2D eigenvalue weighted by Gasteiger charge is 2.29. The molecule has 7 nitrogen and oxygen atoms in total. The molecule has 8 heteroatoms. The van der Waals surface area contributed by atoms with Crippen molar-refractivity contribution in [2.45, 2.75) is 43.7 Å². The predicted octanol–water partition coefficient (Wildman–Crippen LogP) is 1.27. The summed E-state index contributed by atoms with van der Waals surface area (Å²) < 4.78 is 23.2. The summed E-state index contributed by atoms with van der Waals surface area (Å²) in [6, 6.07) is 5.26. The SMILES string of the molecule is C[C@H]1CCN1c1nc2c(c(-c3cccc(S(N)(=O)=O)n3)n1)CCC2. The predicted molar refractivity (Wildman–Crippen MR) is 90.1 cm³/mol. The van der Waals surface area contributed by atoms with Crippen molar-refractivity contribution in [2.24, 2.45) is 5.14 Å². The minimum absolute atomic E-state index is 0.135. The number of nitrogens with two attached hydrogens (primary N) is 1. The van der Waals surface area contributed by atoms with Crippen LogP contribution in [0, 0.1) is 0 Å². The van der Waals surface area contributed by atoms with Crippen molar-refractivity contribution < 1.29 is 8.42 Å². The molecule has 0 spiro atoms. The lowest BCUT2D eigenvalue weighted by Crippen LogP contribution is -2.46. The number of aryl methyl sites for hydroxylation is 1. The van der Waals surface area contributed by atoms with E-state index < -0.39 is 10.0 Å². The molecule has 0 saturated carbocycles. The molecule has 0 bridgehead atoms. The van der Waals surface area contributed by atoms with Crippen molar-refractivity contribution in [3.05, 3.63) is 29.5 Å². The van der Waals surface area contributed by atoms with E-state index in [0.717, 1.165) is 49.2 Å². The van der Waals surface area contributed by atoms with Gasteiger partial charge in [-0.15, -0.1) is 0 Å². The lowest BCUT2D eigenvalue weighted by Gasteiger charge is -2.39. The summed E-state index contributed by atoms with van der Waals surface area (Å²) in [4.78, 5) is 15.9. The zero-order chi connectivity index (χ0) is 16.9. The second-order valence-electron chi connectivity index (χ2n) is 6.39. The smallest absolute Gasteiger partial charge is 0.255 e. The second-order valence-corrected chi connectivity index (χ2v) is 7.90. The molecule has 1 aliphatic heterocycles. The standard InChI is InChI=1S/C16H19N5O2S/c1-10-8-9-21(10)16-19-12-5-2-4-11(12)15(20-16)13-6-3-7-14(18-13)24(17,22)23/h3,6-7,10H,2,4-5,8-9H2,1H3,(H2,17,22,23)/t10-/m0/s1. The van der Waals surface area contributed by atoms with Crippen LogP contribution in [0.1, 0.15) is 31.0 Å². The molecule has 1 atom stereocenters. The molecule has 1 saturated heterocycles. The van der Waals surface area contributed by atoms with E-state index in [2.05, 4.69) is 16.8 Å². The fourth-order valence-corrected chi connectivity index (χ4v) is 3.77. The molecule has 2 aromatic heterocycles. The van der Waals surface area contributed by atoms with Gasteiger partial charge in [0.1, 0.15) is 0 Å². The molecule has 0 radical (unpaired) electrons. The van der Waals surface area contributed by atoms with Gasteiger partial charge < -0.3 is 4.90 Å². The maximum Gasteiger partial charge on any atom is 0.255 e. The van der Waals surface area contributed by atoms with Crippen LogP contribution in [0.3, 0.4) is 0 Å². The van der Waals surface area contributed by atoms with Crippen molar-refractivity contribution in [2.75, 3.05) is 11.4 Å². The number of aromatic nitrogens is 3. The summed E-state index contributed by atoms with van der Waals surface area (Å²) in [5.41, 5.74) is 3.40. The van der Waals surface area contributed by atoms with E-state index in [1.807, 2.05) is 0 Å². The third-order valence-corrected chi connectivity index (χ3v) is 5.57. The van der Waals surface area contributed by atoms with Crippen molar-refractivity contribution in [1.82, 2.24) is 15.0 Å². The van der Waals surface area contributed by atoms with E-state index in [1.165, 1.54) is 6.07 Å². The van der Waals surface area contributed by atoms with Gasteiger partial charge in [-0.1, -0.05) is 6.07 Å². The first-order valence-electron chi connectivity index (χ1n) is 8.10. The molecule has 2 N–H and O–H groups in total. The molecule has 24 heavy (non-hydrogen) atoms. The van der Waals surface area contributed by atoms with E-state index in [0.29, 0.717) is 17.7 Å². The molecule has 1 aliphatic carbocycles. The zero-order valence-corrected chi connectivity index (χ0v) is 14.3. The van der Waals surface area contributed by atoms with E-state index in [-0.39, 0.29) is 5.03 Å². The fourth-order valence-electron chi connectivity index (χ4n) is 3.28. The zero-order valence-electron chi connectivity index (χ0n) is 13.4. The summed E-state index contributed by atoms with van der Waals surface area (Å²) in [5.74, 6) is 0.715. The minimum atomic E-state index is -3.84. The van der Waals surface area contributed by atoms with Crippen LogP contribution in [0.15, 0.2) is 23.2 Å². The van der Waals surface area contributed by atoms with Gasteiger partial charge in [0.05, 0.1) is 11.4 Å². The van der Waals surface area contributed by atoms with Crippen molar-refractivity contribution >= 4 is 16.0 Å². The summed E-state index contributed by atoms with van der Waals surface area (Å²) in [6.45, 7) is 3.10. The summed E-state index contributed by atoms with van der Waals surface area (Å²) in [7, 11) is -3.84. The Morgan fingerprint density at radius 3 is 2.71 bits per heavy atom. The van der Waals surface area contributed by atoms with Crippen LogP contribution in [0.25, 0.3) is 11.4 Å². The van der Waals surface area contributed by atoms with Gasteiger partial charge in [0.15, 0.2) is 5.03 Å². The molecule has 3 heterocycles. The molecular formula is C16H19N5O2S. The number of fused-ring (bicyclic) bond motifs is 1. The lowest BCUT2D eigenvalue weighted by molar-refractivity contribution is 0.470. The summed E-state index contributed by atoms with van der Waals surface area (Å²) in [5, 5.41) is 5.08. The Morgan fingerprint density at radius 1 is 1.21 bits per heavy atom. The van der Waals surface area contributed by atoms with Crippen molar-refractivity contribution in [3.63, 3.8) is 0 Å². The Labute approximate surface area is 141 Å². The molecular weight excluding hydrogens is 326 g/mol. The maximum atomic E-state index is 11.6. The Balaban J connectivity index is 1.86. The average molecular weight is 345 g/mol. The van der Waals surface area contributed by atoms with Gasteiger partial charge in [-0.2, -0.15) is 0 Å².